The van der Waals surface area contributed by atoms with E-state index in [0.29, 0.717) is 12.3 Å². The lowest BCUT2D eigenvalue weighted by atomic mass is 10.2. The summed E-state index contributed by atoms with van der Waals surface area (Å²) in [5.74, 6) is -0.823. The number of amides is 2. The first-order valence-corrected chi connectivity index (χ1v) is 5.27. The summed E-state index contributed by atoms with van der Waals surface area (Å²) in [6.45, 7) is -0.0846. The van der Waals surface area contributed by atoms with Gasteiger partial charge in [-0.1, -0.05) is 5.16 Å². The number of rotatable bonds is 7. The highest BCUT2D eigenvalue weighted by Gasteiger charge is 2.18. The second kappa shape index (κ2) is 7.22. The smallest absolute Gasteiger partial charge is 0.326 e. The maximum absolute atomic E-state index is 11.3. The predicted octanol–water partition coefficient (Wildman–Crippen LogP) is -1.25. The molecule has 100 valence electrons. The van der Waals surface area contributed by atoms with Crippen LogP contribution in [0.4, 0.5) is 4.79 Å². The Morgan fingerprint density at radius 3 is 2.83 bits per heavy atom. The van der Waals surface area contributed by atoms with Gasteiger partial charge in [-0.3, -0.25) is 0 Å². The molecule has 0 aliphatic heterocycles. The van der Waals surface area contributed by atoms with Crippen LogP contribution in [0.15, 0.2) is 10.9 Å². The molecule has 0 fully saturated rings. The minimum atomic E-state index is -1.20. The first-order valence-electron chi connectivity index (χ1n) is 5.27. The molecule has 0 saturated carbocycles. The van der Waals surface area contributed by atoms with E-state index in [4.69, 9.17) is 14.7 Å². The molecule has 9 heteroatoms. The Morgan fingerprint density at radius 2 is 2.28 bits per heavy atom. The number of nitrogens with one attached hydrogen (secondary N) is 2. The van der Waals surface area contributed by atoms with Crippen molar-refractivity contribution in [1.82, 2.24) is 20.8 Å². The minimum absolute atomic E-state index is 0.0492. The first kappa shape index (κ1) is 13.9. The van der Waals surface area contributed by atoms with Crippen molar-refractivity contribution in [2.75, 3.05) is 13.2 Å². The number of carbonyl (C=O) groups is 2. The summed E-state index contributed by atoms with van der Waals surface area (Å²) in [5.41, 5.74) is 0. The van der Waals surface area contributed by atoms with Crippen LogP contribution in [0.1, 0.15) is 12.3 Å². The van der Waals surface area contributed by atoms with Gasteiger partial charge in [0.2, 0.25) is 5.89 Å². The summed E-state index contributed by atoms with van der Waals surface area (Å²) in [6.07, 6.45) is 1.55. The Bertz CT molecular complexity index is 380. The van der Waals surface area contributed by atoms with Gasteiger partial charge in [0.25, 0.3) is 0 Å². The van der Waals surface area contributed by atoms with Gasteiger partial charge in [0, 0.05) is 26.0 Å². The third-order valence-electron chi connectivity index (χ3n) is 2.05. The zero-order valence-electron chi connectivity index (χ0n) is 9.50. The highest BCUT2D eigenvalue weighted by atomic mass is 16.5. The molecule has 4 N–H and O–H groups in total. The van der Waals surface area contributed by atoms with Crippen LogP contribution in [0.2, 0.25) is 0 Å². The maximum atomic E-state index is 11.3. The average molecular weight is 258 g/mol. The van der Waals surface area contributed by atoms with Gasteiger partial charge in [-0.25, -0.2) is 9.59 Å². The first-order chi connectivity index (χ1) is 8.63. The fraction of sp³-hybridized carbons (Fsp3) is 0.556. The van der Waals surface area contributed by atoms with E-state index in [2.05, 4.69) is 20.8 Å². The molecule has 9 nitrogen and oxygen atoms in total. The summed E-state index contributed by atoms with van der Waals surface area (Å²) >= 11 is 0. The average Bonchev–Trinajstić information content (AvgIpc) is 2.81. The van der Waals surface area contributed by atoms with Crippen LogP contribution >= 0.6 is 0 Å². The van der Waals surface area contributed by atoms with Crippen molar-refractivity contribution in [1.29, 1.82) is 0 Å². The molecule has 2 amide bonds. The summed E-state index contributed by atoms with van der Waals surface area (Å²) in [6, 6.07) is -1.74. The molecule has 0 spiro atoms. The van der Waals surface area contributed by atoms with E-state index in [1.807, 2.05) is 0 Å². The van der Waals surface area contributed by atoms with Crippen LogP contribution in [-0.4, -0.2) is 51.5 Å². The molecular formula is C9H14N4O5. The van der Waals surface area contributed by atoms with Crippen molar-refractivity contribution in [3.05, 3.63) is 12.2 Å². The lowest BCUT2D eigenvalue weighted by Crippen LogP contribution is -2.46. The molecule has 18 heavy (non-hydrogen) atoms. The van der Waals surface area contributed by atoms with Gasteiger partial charge in [-0.15, -0.1) is 0 Å². The number of carboxylic acids is 1. The van der Waals surface area contributed by atoms with E-state index in [-0.39, 0.29) is 19.6 Å². The van der Waals surface area contributed by atoms with Gasteiger partial charge in [-0.2, -0.15) is 4.98 Å². The van der Waals surface area contributed by atoms with E-state index < -0.39 is 18.0 Å². The zero-order valence-corrected chi connectivity index (χ0v) is 9.50. The van der Waals surface area contributed by atoms with Crippen LogP contribution < -0.4 is 10.6 Å². The lowest BCUT2D eigenvalue weighted by Gasteiger charge is -2.13. The molecule has 1 rings (SSSR count). The van der Waals surface area contributed by atoms with E-state index >= 15 is 0 Å². The molecule has 1 aromatic heterocycles. The largest absolute Gasteiger partial charge is 0.480 e. The van der Waals surface area contributed by atoms with E-state index in [9.17, 15) is 9.59 Å². The second-order valence-electron chi connectivity index (χ2n) is 3.39. The second-order valence-corrected chi connectivity index (χ2v) is 3.39. The highest BCUT2D eigenvalue weighted by Crippen LogP contribution is 1.92. The number of hydrogen-bond acceptors (Lipinski definition) is 6. The summed E-state index contributed by atoms with van der Waals surface area (Å²) in [5, 5.41) is 25.4. The number of urea groups is 1. The number of aliphatic hydroxyl groups excluding tert-OH is 1. The Labute approximate surface area is 102 Å². The summed E-state index contributed by atoms with van der Waals surface area (Å²) < 4.78 is 4.71. The molecule has 0 aromatic carbocycles. The zero-order chi connectivity index (χ0) is 13.4. The molecule has 0 bridgehead atoms. The number of carboxylic acid groups (broad SMARTS) is 1. The lowest BCUT2D eigenvalue weighted by molar-refractivity contribution is -0.139. The van der Waals surface area contributed by atoms with E-state index in [1.165, 1.54) is 6.33 Å². The van der Waals surface area contributed by atoms with Gasteiger partial charge in [0.15, 0.2) is 6.33 Å². The van der Waals surface area contributed by atoms with Crippen LogP contribution in [0.3, 0.4) is 0 Å². The molecule has 0 unspecified atom stereocenters. The van der Waals surface area contributed by atoms with Crippen LogP contribution in [0.25, 0.3) is 0 Å². The fourth-order valence-electron chi connectivity index (χ4n) is 1.18. The quantitative estimate of drug-likeness (QED) is 0.479. The predicted molar refractivity (Wildman–Crippen MR) is 57.7 cm³/mol. The van der Waals surface area contributed by atoms with Gasteiger partial charge >= 0.3 is 12.0 Å². The number of aromatic nitrogens is 2. The van der Waals surface area contributed by atoms with Crippen LogP contribution in [-0.2, 0) is 11.2 Å². The topological polar surface area (TPSA) is 138 Å². The molecule has 1 aromatic rings. The van der Waals surface area contributed by atoms with Crippen molar-refractivity contribution in [3.8, 4) is 0 Å². The summed E-state index contributed by atoms with van der Waals surface area (Å²) in [7, 11) is 0. The van der Waals surface area contributed by atoms with Crippen LogP contribution in [0, 0.1) is 0 Å². The molecule has 0 aliphatic rings. The number of aliphatic carboxylic acids is 1. The van der Waals surface area contributed by atoms with Crippen molar-refractivity contribution in [2.24, 2.45) is 0 Å². The molecular weight excluding hydrogens is 244 g/mol. The minimum Gasteiger partial charge on any atom is -0.480 e. The monoisotopic (exact) mass is 258 g/mol. The van der Waals surface area contributed by atoms with E-state index in [0.717, 1.165) is 0 Å². The number of hydrogen-bond donors (Lipinski definition) is 4. The number of nitrogens with zero attached hydrogens (tertiary/aromatic N) is 2. The van der Waals surface area contributed by atoms with Crippen molar-refractivity contribution >= 4 is 12.0 Å². The fourth-order valence-corrected chi connectivity index (χ4v) is 1.18. The third-order valence-corrected chi connectivity index (χ3v) is 2.05. The Balaban J connectivity index is 2.25. The molecule has 1 atom stereocenters. The number of aliphatic hydroxyl groups is 1. The van der Waals surface area contributed by atoms with Crippen molar-refractivity contribution in [2.45, 2.75) is 18.9 Å². The number of carbonyl (C=O) groups excluding carboxylic acids is 1. The maximum Gasteiger partial charge on any atom is 0.326 e. The Hall–Kier alpha value is -2.16. The van der Waals surface area contributed by atoms with E-state index in [1.54, 1.807) is 0 Å². The summed E-state index contributed by atoms with van der Waals surface area (Å²) in [4.78, 5) is 25.8. The SMILES string of the molecule is O=C(NCCc1ncno1)N[C@@H](CCO)C(=O)O. The molecule has 1 heterocycles. The Kier molecular flexibility index (Phi) is 5.58. The molecule has 0 radical (unpaired) electrons. The van der Waals surface area contributed by atoms with Gasteiger partial charge in [0.05, 0.1) is 0 Å². The van der Waals surface area contributed by atoms with Gasteiger partial charge in [0.1, 0.15) is 6.04 Å². The normalized spacial score (nSPS) is 11.8. The Morgan fingerprint density at radius 1 is 1.50 bits per heavy atom. The highest BCUT2D eigenvalue weighted by molar-refractivity contribution is 5.82. The van der Waals surface area contributed by atoms with Crippen molar-refractivity contribution in [3.63, 3.8) is 0 Å². The van der Waals surface area contributed by atoms with Crippen molar-refractivity contribution < 1.29 is 24.3 Å². The van der Waals surface area contributed by atoms with Crippen LogP contribution in [0.5, 0.6) is 0 Å². The standard InChI is InChI=1S/C9H14N4O5/c14-4-2-6(8(15)16)13-9(17)10-3-1-7-11-5-12-18-7/h5-6,14H,1-4H2,(H,15,16)(H2,10,13,17)/t6-/m0/s1. The molecule has 0 saturated heterocycles. The van der Waals surface area contributed by atoms with Gasteiger partial charge < -0.3 is 25.4 Å². The van der Waals surface area contributed by atoms with Gasteiger partial charge in [-0.05, 0) is 0 Å². The molecule has 0 aliphatic carbocycles. The third kappa shape index (κ3) is 4.78.